The molecule has 0 fully saturated rings. The Hall–Kier alpha value is -3.81. The van der Waals surface area contributed by atoms with Gasteiger partial charge in [-0.15, -0.1) is 0 Å². The van der Waals surface area contributed by atoms with E-state index in [1.165, 1.54) is 17.9 Å². The van der Waals surface area contributed by atoms with Crippen LogP contribution >= 0.6 is 0 Å². The van der Waals surface area contributed by atoms with Gasteiger partial charge in [-0.25, -0.2) is 9.48 Å². The van der Waals surface area contributed by atoms with Crippen LogP contribution in [0, 0.1) is 0 Å². The molecule has 8 nitrogen and oxygen atoms in total. The number of nitrogens with zero attached hydrogens (tertiary/aromatic N) is 3. The molecule has 0 aliphatic heterocycles. The Morgan fingerprint density at radius 3 is 2.59 bits per heavy atom. The molecule has 0 saturated heterocycles. The highest BCUT2D eigenvalue weighted by Crippen LogP contribution is 2.13. The standard InChI is InChI=1S/C21H20N4O4/c1-29-21(28)15-6-8-17(9-7-15)23-19(26)5-3-13-25-20(27)11-10-18(24-25)16-4-2-12-22-14-16/h2,4,6-12,14H,3,5,13H2,1H3,(H,23,26). The van der Waals surface area contributed by atoms with E-state index in [0.717, 1.165) is 5.56 Å². The second-order valence-corrected chi connectivity index (χ2v) is 6.24. The van der Waals surface area contributed by atoms with Crippen molar-refractivity contribution in [2.45, 2.75) is 19.4 Å². The number of pyridine rings is 1. The van der Waals surface area contributed by atoms with Gasteiger partial charge in [0.05, 0.1) is 18.4 Å². The largest absolute Gasteiger partial charge is 0.465 e. The minimum Gasteiger partial charge on any atom is -0.465 e. The molecule has 8 heteroatoms. The number of carbonyl (C=O) groups is 2. The summed E-state index contributed by atoms with van der Waals surface area (Å²) in [5, 5.41) is 7.10. The van der Waals surface area contributed by atoms with Gasteiger partial charge < -0.3 is 10.1 Å². The smallest absolute Gasteiger partial charge is 0.337 e. The van der Waals surface area contributed by atoms with Crippen molar-refractivity contribution < 1.29 is 14.3 Å². The number of methoxy groups -OCH3 is 1. The fourth-order valence-corrected chi connectivity index (χ4v) is 2.70. The monoisotopic (exact) mass is 392 g/mol. The third-order valence-electron chi connectivity index (χ3n) is 4.19. The molecular formula is C21H20N4O4. The number of ether oxygens (including phenoxy) is 1. The molecule has 0 aliphatic carbocycles. The summed E-state index contributed by atoms with van der Waals surface area (Å²) in [5.74, 6) is -0.624. The van der Waals surface area contributed by atoms with Gasteiger partial charge in [0.1, 0.15) is 0 Å². The molecule has 29 heavy (non-hydrogen) atoms. The Morgan fingerprint density at radius 2 is 1.90 bits per heavy atom. The van der Waals surface area contributed by atoms with E-state index in [1.54, 1.807) is 48.8 Å². The number of amides is 1. The third kappa shape index (κ3) is 5.35. The molecule has 1 N–H and O–H groups in total. The van der Waals surface area contributed by atoms with Gasteiger partial charge in [0.15, 0.2) is 0 Å². The van der Waals surface area contributed by atoms with E-state index in [0.29, 0.717) is 29.9 Å². The van der Waals surface area contributed by atoms with Gasteiger partial charge in [0.25, 0.3) is 5.56 Å². The number of rotatable bonds is 7. The maximum absolute atomic E-state index is 12.1. The van der Waals surface area contributed by atoms with Crippen LogP contribution in [-0.2, 0) is 16.1 Å². The summed E-state index contributed by atoms with van der Waals surface area (Å²) in [5.41, 5.74) is 2.22. The minimum absolute atomic E-state index is 0.188. The molecule has 1 amide bonds. The lowest BCUT2D eigenvalue weighted by Crippen LogP contribution is -2.23. The first kappa shape index (κ1) is 19.9. The number of aryl methyl sites for hydroxylation is 1. The Balaban J connectivity index is 1.55. The topological polar surface area (TPSA) is 103 Å². The Labute approximate surface area is 167 Å². The van der Waals surface area contributed by atoms with Gasteiger partial charge in [-0.1, -0.05) is 0 Å². The lowest BCUT2D eigenvalue weighted by Gasteiger charge is -2.08. The first-order chi connectivity index (χ1) is 14.1. The van der Waals surface area contributed by atoms with E-state index in [1.807, 2.05) is 6.07 Å². The molecule has 0 saturated carbocycles. The van der Waals surface area contributed by atoms with Gasteiger partial charge in [0, 0.05) is 42.7 Å². The average molecular weight is 392 g/mol. The molecule has 0 spiro atoms. The van der Waals surface area contributed by atoms with Crippen LogP contribution in [0.2, 0.25) is 0 Å². The van der Waals surface area contributed by atoms with E-state index in [2.05, 4.69) is 20.1 Å². The van der Waals surface area contributed by atoms with Gasteiger partial charge in [-0.05, 0) is 48.9 Å². The average Bonchev–Trinajstić information content (AvgIpc) is 2.75. The lowest BCUT2D eigenvalue weighted by atomic mass is 10.2. The molecule has 0 radical (unpaired) electrons. The maximum atomic E-state index is 12.1. The van der Waals surface area contributed by atoms with Crippen molar-refractivity contribution in [3.8, 4) is 11.3 Å². The predicted molar refractivity (Wildman–Crippen MR) is 107 cm³/mol. The number of aromatic nitrogens is 3. The first-order valence-electron chi connectivity index (χ1n) is 9.03. The highest BCUT2D eigenvalue weighted by Gasteiger charge is 2.08. The summed E-state index contributed by atoms with van der Waals surface area (Å²) in [6, 6.07) is 13.2. The molecule has 0 unspecified atom stereocenters. The minimum atomic E-state index is -0.436. The summed E-state index contributed by atoms with van der Waals surface area (Å²) < 4.78 is 5.98. The van der Waals surface area contributed by atoms with Crippen LogP contribution in [0.5, 0.6) is 0 Å². The third-order valence-corrected chi connectivity index (χ3v) is 4.19. The van der Waals surface area contributed by atoms with Crippen LogP contribution in [0.25, 0.3) is 11.3 Å². The highest BCUT2D eigenvalue weighted by atomic mass is 16.5. The normalized spacial score (nSPS) is 10.4. The van der Waals surface area contributed by atoms with E-state index in [4.69, 9.17) is 0 Å². The van der Waals surface area contributed by atoms with Crippen LogP contribution in [0.1, 0.15) is 23.2 Å². The summed E-state index contributed by atoms with van der Waals surface area (Å²) in [6.07, 6.45) is 4.02. The van der Waals surface area contributed by atoms with Gasteiger partial charge in [0.2, 0.25) is 5.91 Å². The number of carbonyl (C=O) groups excluding carboxylic acids is 2. The Bertz CT molecular complexity index is 1050. The fraction of sp³-hybridized carbons (Fsp3) is 0.190. The fourth-order valence-electron chi connectivity index (χ4n) is 2.70. The molecule has 3 rings (SSSR count). The Kier molecular flexibility index (Phi) is 6.47. The molecule has 1 aromatic carbocycles. The van der Waals surface area contributed by atoms with E-state index < -0.39 is 5.97 Å². The van der Waals surface area contributed by atoms with Crippen LogP contribution in [0.15, 0.2) is 65.7 Å². The van der Waals surface area contributed by atoms with Gasteiger partial charge >= 0.3 is 5.97 Å². The van der Waals surface area contributed by atoms with Crippen molar-refractivity contribution in [3.63, 3.8) is 0 Å². The van der Waals surface area contributed by atoms with Crippen LogP contribution in [0.4, 0.5) is 5.69 Å². The molecule has 0 aliphatic rings. The molecule has 3 aromatic rings. The second-order valence-electron chi connectivity index (χ2n) is 6.24. The number of benzene rings is 1. The molecular weight excluding hydrogens is 372 g/mol. The summed E-state index contributed by atoms with van der Waals surface area (Å²) in [6.45, 7) is 0.321. The second kappa shape index (κ2) is 9.41. The number of hydrogen-bond acceptors (Lipinski definition) is 6. The highest BCUT2D eigenvalue weighted by molar-refractivity contribution is 5.93. The number of anilines is 1. The van der Waals surface area contributed by atoms with Crippen LogP contribution in [0.3, 0.4) is 0 Å². The summed E-state index contributed by atoms with van der Waals surface area (Å²) >= 11 is 0. The number of nitrogens with one attached hydrogen (secondary N) is 1. The van der Waals surface area contributed by atoms with E-state index >= 15 is 0 Å². The number of esters is 1. The maximum Gasteiger partial charge on any atom is 0.337 e. The molecule has 2 aromatic heterocycles. The van der Waals surface area contributed by atoms with Crippen molar-refractivity contribution in [2.75, 3.05) is 12.4 Å². The zero-order chi connectivity index (χ0) is 20.6. The molecule has 148 valence electrons. The van der Waals surface area contributed by atoms with E-state index in [-0.39, 0.29) is 17.9 Å². The van der Waals surface area contributed by atoms with E-state index in [9.17, 15) is 14.4 Å². The van der Waals surface area contributed by atoms with Crippen molar-refractivity contribution in [2.24, 2.45) is 0 Å². The lowest BCUT2D eigenvalue weighted by molar-refractivity contribution is -0.116. The zero-order valence-electron chi connectivity index (χ0n) is 15.9. The summed E-state index contributed by atoms with van der Waals surface area (Å²) in [7, 11) is 1.31. The van der Waals surface area contributed by atoms with Crippen molar-refractivity contribution in [1.82, 2.24) is 14.8 Å². The first-order valence-corrected chi connectivity index (χ1v) is 9.03. The SMILES string of the molecule is COC(=O)c1ccc(NC(=O)CCCn2nc(-c3cccnc3)ccc2=O)cc1. The van der Waals surface area contributed by atoms with Crippen molar-refractivity contribution in [3.05, 3.63) is 76.8 Å². The Morgan fingerprint density at radius 1 is 1.10 bits per heavy atom. The summed E-state index contributed by atoms with van der Waals surface area (Å²) in [4.78, 5) is 39.6. The van der Waals surface area contributed by atoms with Crippen LogP contribution < -0.4 is 10.9 Å². The van der Waals surface area contributed by atoms with Crippen molar-refractivity contribution >= 4 is 17.6 Å². The molecule has 2 heterocycles. The van der Waals surface area contributed by atoms with Gasteiger partial charge in [-0.3, -0.25) is 14.6 Å². The molecule has 0 bridgehead atoms. The zero-order valence-corrected chi connectivity index (χ0v) is 15.9. The quantitative estimate of drug-likeness (QED) is 0.620. The number of hydrogen-bond donors (Lipinski definition) is 1. The van der Waals surface area contributed by atoms with Crippen LogP contribution in [-0.4, -0.2) is 33.8 Å². The predicted octanol–water partition coefficient (Wildman–Crippen LogP) is 2.51. The van der Waals surface area contributed by atoms with Crippen molar-refractivity contribution in [1.29, 1.82) is 0 Å². The van der Waals surface area contributed by atoms with Gasteiger partial charge in [-0.2, -0.15) is 5.10 Å². The molecule has 0 atom stereocenters.